The first kappa shape index (κ1) is 18.6. The molecule has 26 heavy (non-hydrogen) atoms. The standard InChI is InChI=1S/C20H28N4OS/c1-21-20(22-11-8-16-5-3-6-18(15-16)25-2)23-17-9-12-24(13-10-17)19-7-4-14-26-19/h3-7,14-15,17H,8-13H2,1-2H3,(H2,21,22,23). The van der Waals surface area contributed by atoms with Crippen molar-refractivity contribution in [1.29, 1.82) is 0 Å². The first-order valence-electron chi connectivity index (χ1n) is 9.17. The van der Waals surface area contributed by atoms with E-state index in [1.54, 1.807) is 7.11 Å². The zero-order chi connectivity index (χ0) is 18.2. The highest BCUT2D eigenvalue weighted by Crippen LogP contribution is 2.24. The third kappa shape index (κ3) is 5.14. The predicted octanol–water partition coefficient (Wildman–Crippen LogP) is 3.13. The van der Waals surface area contributed by atoms with Gasteiger partial charge in [-0.1, -0.05) is 12.1 Å². The topological polar surface area (TPSA) is 48.9 Å². The van der Waals surface area contributed by atoms with Crippen molar-refractivity contribution in [3.8, 4) is 5.75 Å². The summed E-state index contributed by atoms with van der Waals surface area (Å²) in [5.41, 5.74) is 1.26. The minimum atomic E-state index is 0.481. The van der Waals surface area contributed by atoms with E-state index >= 15 is 0 Å². The van der Waals surface area contributed by atoms with E-state index in [4.69, 9.17) is 4.74 Å². The van der Waals surface area contributed by atoms with E-state index in [0.29, 0.717) is 6.04 Å². The maximum atomic E-state index is 5.28. The highest BCUT2D eigenvalue weighted by Gasteiger charge is 2.20. The SMILES string of the molecule is CN=C(NCCc1cccc(OC)c1)NC1CCN(c2cccs2)CC1. The number of hydrogen-bond donors (Lipinski definition) is 2. The Morgan fingerprint density at radius 1 is 1.27 bits per heavy atom. The highest BCUT2D eigenvalue weighted by atomic mass is 32.1. The van der Waals surface area contributed by atoms with Gasteiger partial charge >= 0.3 is 0 Å². The van der Waals surface area contributed by atoms with Crippen molar-refractivity contribution < 1.29 is 4.74 Å². The van der Waals surface area contributed by atoms with Gasteiger partial charge in [0.2, 0.25) is 0 Å². The van der Waals surface area contributed by atoms with E-state index in [9.17, 15) is 0 Å². The molecular weight excluding hydrogens is 344 g/mol. The predicted molar refractivity (Wildman–Crippen MR) is 111 cm³/mol. The van der Waals surface area contributed by atoms with Crippen LogP contribution in [-0.2, 0) is 6.42 Å². The zero-order valence-electron chi connectivity index (χ0n) is 15.6. The molecule has 5 nitrogen and oxygen atoms in total. The molecule has 1 aromatic carbocycles. The zero-order valence-corrected chi connectivity index (χ0v) is 16.4. The number of ether oxygens (including phenoxy) is 1. The van der Waals surface area contributed by atoms with Gasteiger partial charge in [0.1, 0.15) is 5.75 Å². The molecule has 0 saturated carbocycles. The van der Waals surface area contributed by atoms with Gasteiger partial charge in [-0.2, -0.15) is 0 Å². The molecule has 2 aromatic rings. The number of nitrogens with zero attached hydrogens (tertiary/aromatic N) is 2. The van der Waals surface area contributed by atoms with Gasteiger partial charge in [-0.25, -0.2) is 0 Å². The minimum Gasteiger partial charge on any atom is -0.497 e. The van der Waals surface area contributed by atoms with Crippen LogP contribution in [0.15, 0.2) is 46.8 Å². The normalized spacial score (nSPS) is 15.8. The van der Waals surface area contributed by atoms with Crippen molar-refractivity contribution in [3.05, 3.63) is 47.3 Å². The van der Waals surface area contributed by atoms with E-state index < -0.39 is 0 Å². The highest BCUT2D eigenvalue weighted by molar-refractivity contribution is 7.14. The number of thiophene rings is 1. The van der Waals surface area contributed by atoms with E-state index in [-0.39, 0.29) is 0 Å². The average Bonchev–Trinajstić information content (AvgIpc) is 3.22. The monoisotopic (exact) mass is 372 g/mol. The van der Waals surface area contributed by atoms with Gasteiger partial charge in [0.05, 0.1) is 12.1 Å². The summed E-state index contributed by atoms with van der Waals surface area (Å²) in [5, 5.41) is 10.5. The number of guanidine groups is 1. The van der Waals surface area contributed by atoms with E-state index in [2.05, 4.69) is 50.2 Å². The Balaban J connectivity index is 1.41. The third-order valence-electron chi connectivity index (χ3n) is 4.72. The molecule has 6 heteroatoms. The number of aliphatic imine (C=N–C) groups is 1. The van der Waals surface area contributed by atoms with Gasteiger partial charge in [-0.05, 0) is 54.5 Å². The fourth-order valence-electron chi connectivity index (χ4n) is 3.24. The number of anilines is 1. The summed E-state index contributed by atoms with van der Waals surface area (Å²) in [6, 6.07) is 13.0. The summed E-state index contributed by atoms with van der Waals surface area (Å²) in [5.74, 6) is 1.80. The molecule has 0 atom stereocenters. The van der Waals surface area contributed by atoms with Gasteiger partial charge in [0.25, 0.3) is 0 Å². The van der Waals surface area contributed by atoms with E-state index in [1.807, 2.05) is 30.5 Å². The number of piperidine rings is 1. The Hall–Kier alpha value is -2.21. The van der Waals surface area contributed by atoms with Crippen LogP contribution in [0.25, 0.3) is 0 Å². The number of methoxy groups -OCH3 is 1. The second kappa shape index (κ2) is 9.48. The summed E-state index contributed by atoms with van der Waals surface area (Å²) in [6.07, 6.45) is 3.21. The molecule has 3 rings (SSSR count). The summed E-state index contributed by atoms with van der Waals surface area (Å²) < 4.78 is 5.28. The summed E-state index contributed by atoms with van der Waals surface area (Å²) in [6.45, 7) is 3.04. The van der Waals surface area contributed by atoms with Crippen LogP contribution in [0.4, 0.5) is 5.00 Å². The Bertz CT molecular complexity index is 694. The fraction of sp³-hybridized carbons (Fsp3) is 0.450. The first-order valence-corrected chi connectivity index (χ1v) is 10.0. The molecule has 0 amide bonds. The van der Waals surface area contributed by atoms with Gasteiger partial charge in [0.15, 0.2) is 5.96 Å². The molecule has 0 bridgehead atoms. The quantitative estimate of drug-likeness (QED) is 0.604. The number of hydrogen-bond acceptors (Lipinski definition) is 4. The maximum Gasteiger partial charge on any atom is 0.191 e. The lowest BCUT2D eigenvalue weighted by atomic mass is 10.1. The smallest absolute Gasteiger partial charge is 0.191 e. The van der Waals surface area contributed by atoms with Crippen molar-refractivity contribution >= 4 is 22.3 Å². The largest absolute Gasteiger partial charge is 0.497 e. The lowest BCUT2D eigenvalue weighted by molar-refractivity contribution is 0.414. The molecular formula is C20H28N4OS. The second-order valence-corrected chi connectivity index (χ2v) is 7.38. The van der Waals surface area contributed by atoms with Gasteiger partial charge in [0, 0.05) is 32.7 Å². The Kier molecular flexibility index (Phi) is 6.77. The Morgan fingerprint density at radius 3 is 2.81 bits per heavy atom. The number of nitrogens with one attached hydrogen (secondary N) is 2. The van der Waals surface area contributed by atoms with Crippen LogP contribution in [-0.4, -0.2) is 45.8 Å². The maximum absolute atomic E-state index is 5.28. The first-order chi connectivity index (χ1) is 12.8. The Morgan fingerprint density at radius 2 is 2.12 bits per heavy atom. The molecule has 1 aliphatic rings. The molecule has 1 saturated heterocycles. The van der Waals surface area contributed by atoms with Gasteiger partial charge < -0.3 is 20.3 Å². The van der Waals surface area contributed by atoms with E-state index in [0.717, 1.165) is 50.6 Å². The van der Waals surface area contributed by atoms with Crippen LogP contribution in [0.5, 0.6) is 5.75 Å². The molecule has 2 N–H and O–H groups in total. The number of rotatable bonds is 6. The minimum absolute atomic E-state index is 0.481. The molecule has 1 fully saturated rings. The van der Waals surface area contributed by atoms with E-state index in [1.165, 1.54) is 10.6 Å². The molecule has 0 radical (unpaired) electrons. The molecule has 1 aliphatic heterocycles. The van der Waals surface area contributed by atoms with Crippen LogP contribution in [0.1, 0.15) is 18.4 Å². The third-order valence-corrected chi connectivity index (χ3v) is 5.65. The number of benzene rings is 1. The van der Waals surface area contributed by atoms with Crippen LogP contribution in [0.2, 0.25) is 0 Å². The summed E-state index contributed by atoms with van der Waals surface area (Å²) in [4.78, 5) is 6.85. The molecule has 140 valence electrons. The lowest BCUT2D eigenvalue weighted by Gasteiger charge is -2.33. The lowest BCUT2D eigenvalue weighted by Crippen LogP contribution is -2.49. The van der Waals surface area contributed by atoms with Crippen LogP contribution < -0.4 is 20.3 Å². The molecule has 0 spiro atoms. The molecule has 0 unspecified atom stereocenters. The Labute approximate surface area is 160 Å². The van der Waals surface area contributed by atoms with Crippen molar-refractivity contribution in [2.24, 2.45) is 4.99 Å². The molecule has 1 aromatic heterocycles. The van der Waals surface area contributed by atoms with Crippen molar-refractivity contribution in [2.45, 2.75) is 25.3 Å². The van der Waals surface area contributed by atoms with Crippen LogP contribution in [0.3, 0.4) is 0 Å². The second-order valence-electron chi connectivity index (χ2n) is 6.46. The van der Waals surface area contributed by atoms with Crippen molar-refractivity contribution in [2.75, 3.05) is 38.7 Å². The van der Waals surface area contributed by atoms with Crippen molar-refractivity contribution in [3.63, 3.8) is 0 Å². The fourth-order valence-corrected chi connectivity index (χ4v) is 4.02. The average molecular weight is 373 g/mol. The summed E-state index contributed by atoms with van der Waals surface area (Å²) >= 11 is 1.82. The molecule has 0 aliphatic carbocycles. The van der Waals surface area contributed by atoms with Crippen LogP contribution in [0, 0.1) is 0 Å². The molecule has 2 heterocycles. The van der Waals surface area contributed by atoms with Gasteiger partial charge in [-0.3, -0.25) is 4.99 Å². The van der Waals surface area contributed by atoms with Crippen molar-refractivity contribution in [1.82, 2.24) is 10.6 Å². The van der Waals surface area contributed by atoms with Crippen LogP contribution >= 0.6 is 11.3 Å². The summed E-state index contributed by atoms with van der Waals surface area (Å²) in [7, 11) is 3.54. The van der Waals surface area contributed by atoms with Gasteiger partial charge in [-0.15, -0.1) is 11.3 Å².